The van der Waals surface area contributed by atoms with E-state index in [9.17, 15) is 9.59 Å². The Kier molecular flexibility index (Phi) is 5.45. The fourth-order valence-electron chi connectivity index (χ4n) is 4.90. The molecule has 6 nitrogen and oxygen atoms in total. The van der Waals surface area contributed by atoms with Gasteiger partial charge >= 0.3 is 0 Å². The van der Waals surface area contributed by atoms with Gasteiger partial charge in [0, 0.05) is 32.2 Å². The van der Waals surface area contributed by atoms with Crippen LogP contribution < -0.4 is 5.73 Å². The molecule has 2 N–H and O–H groups in total. The molecule has 3 aliphatic heterocycles. The predicted molar refractivity (Wildman–Crippen MR) is 102 cm³/mol. The lowest BCUT2D eigenvalue weighted by Gasteiger charge is -2.28. The first-order valence-corrected chi connectivity index (χ1v) is 9.95. The summed E-state index contributed by atoms with van der Waals surface area (Å²) in [5.74, 6) is 0.289. The van der Waals surface area contributed by atoms with Crippen molar-refractivity contribution < 1.29 is 14.3 Å². The number of benzene rings is 1. The molecule has 0 aromatic heterocycles. The smallest absolute Gasteiger partial charge is 0.251 e. The molecular weight excluding hydrogens is 342 g/mol. The van der Waals surface area contributed by atoms with E-state index >= 15 is 0 Å². The van der Waals surface area contributed by atoms with Gasteiger partial charge < -0.3 is 15.4 Å². The summed E-state index contributed by atoms with van der Waals surface area (Å²) in [5, 5.41) is 0. The molecule has 3 fully saturated rings. The molecule has 0 saturated carbocycles. The molecule has 4 atom stereocenters. The van der Waals surface area contributed by atoms with Crippen molar-refractivity contribution in [3.63, 3.8) is 0 Å². The lowest BCUT2D eigenvalue weighted by Crippen LogP contribution is -2.47. The number of amides is 2. The van der Waals surface area contributed by atoms with Crippen LogP contribution in [0, 0.1) is 18.3 Å². The average molecular weight is 370 g/mol. The predicted octanol–water partition coefficient (Wildman–Crippen LogP) is 1.05. The Morgan fingerprint density at radius 2 is 2.00 bits per heavy atom. The van der Waals surface area contributed by atoms with Crippen LogP contribution in [0.15, 0.2) is 30.3 Å². The molecule has 1 aromatic carbocycles. The molecule has 0 spiro atoms. The largest absolute Gasteiger partial charge is 0.368 e. The van der Waals surface area contributed by atoms with E-state index in [1.165, 1.54) is 5.56 Å². The van der Waals surface area contributed by atoms with Gasteiger partial charge in [-0.25, -0.2) is 0 Å². The molecule has 1 radical (unpaired) electrons. The summed E-state index contributed by atoms with van der Waals surface area (Å²) in [7, 11) is 0. The van der Waals surface area contributed by atoms with E-state index in [4.69, 9.17) is 10.5 Å². The minimum Gasteiger partial charge on any atom is -0.368 e. The number of primary amides is 1. The minimum atomic E-state index is -0.285. The molecule has 3 heterocycles. The van der Waals surface area contributed by atoms with Crippen LogP contribution in [0.1, 0.15) is 24.8 Å². The second kappa shape index (κ2) is 7.98. The van der Waals surface area contributed by atoms with Gasteiger partial charge in [0.1, 0.15) is 6.10 Å². The highest BCUT2D eigenvalue weighted by Crippen LogP contribution is 2.37. The zero-order chi connectivity index (χ0) is 18.8. The third-order valence-electron chi connectivity index (χ3n) is 6.16. The van der Waals surface area contributed by atoms with Gasteiger partial charge in [-0.3, -0.25) is 14.5 Å². The van der Waals surface area contributed by atoms with Crippen LogP contribution in [0.4, 0.5) is 0 Å². The van der Waals surface area contributed by atoms with Gasteiger partial charge in [-0.2, -0.15) is 0 Å². The Morgan fingerprint density at radius 1 is 1.19 bits per heavy atom. The molecule has 2 amide bonds. The Hall–Kier alpha value is -1.92. The Labute approximate surface area is 160 Å². The summed E-state index contributed by atoms with van der Waals surface area (Å²) >= 11 is 0. The molecular formula is C21H28N3O3. The number of nitrogens with zero attached hydrogens (tertiary/aromatic N) is 2. The maximum Gasteiger partial charge on any atom is 0.251 e. The Morgan fingerprint density at radius 3 is 2.70 bits per heavy atom. The standard InChI is InChI=1S/C21H28N3O3/c22-20(25)19-17-14-24(21(26)18-9-5-11-27-18)13-16(17)12-23(19)10-4-8-15-6-2-1-3-7-15/h1-3,6-8,16-19H,4-5,9-14H2,(H2,22,25)/t16?,17?,18-,19?/m0/s1. The van der Waals surface area contributed by atoms with Crippen molar-refractivity contribution in [3.05, 3.63) is 42.3 Å². The van der Waals surface area contributed by atoms with Crippen molar-refractivity contribution in [2.24, 2.45) is 17.6 Å². The summed E-state index contributed by atoms with van der Waals surface area (Å²) in [5.41, 5.74) is 6.95. The molecule has 6 heteroatoms. The Bertz CT molecular complexity index is 675. The maximum absolute atomic E-state index is 12.6. The third-order valence-corrected chi connectivity index (χ3v) is 6.16. The van der Waals surface area contributed by atoms with Crippen LogP contribution in [0.3, 0.4) is 0 Å². The van der Waals surface area contributed by atoms with Crippen molar-refractivity contribution in [3.8, 4) is 0 Å². The second-order valence-corrected chi connectivity index (χ2v) is 7.91. The summed E-state index contributed by atoms with van der Waals surface area (Å²) in [4.78, 5) is 28.9. The second-order valence-electron chi connectivity index (χ2n) is 7.91. The zero-order valence-corrected chi connectivity index (χ0v) is 15.6. The number of nitrogens with two attached hydrogens (primary N) is 1. The molecule has 4 rings (SSSR count). The number of rotatable bonds is 6. The van der Waals surface area contributed by atoms with E-state index in [2.05, 4.69) is 23.5 Å². The van der Waals surface area contributed by atoms with Crippen LogP contribution in [0.25, 0.3) is 0 Å². The van der Waals surface area contributed by atoms with Crippen molar-refractivity contribution in [1.82, 2.24) is 9.80 Å². The van der Waals surface area contributed by atoms with Crippen LogP contribution in [-0.2, 0) is 14.3 Å². The highest BCUT2D eigenvalue weighted by Gasteiger charge is 2.50. The fourth-order valence-corrected chi connectivity index (χ4v) is 4.90. The normalized spacial score (nSPS) is 30.6. The van der Waals surface area contributed by atoms with Gasteiger partial charge in [0.25, 0.3) is 5.91 Å². The molecule has 145 valence electrons. The van der Waals surface area contributed by atoms with E-state index in [-0.39, 0.29) is 29.9 Å². The monoisotopic (exact) mass is 370 g/mol. The number of likely N-dealkylation sites (tertiary alicyclic amines) is 2. The lowest BCUT2D eigenvalue weighted by atomic mass is 9.94. The van der Waals surface area contributed by atoms with E-state index in [1.807, 2.05) is 23.1 Å². The van der Waals surface area contributed by atoms with Gasteiger partial charge in [0.15, 0.2) is 0 Å². The first-order valence-electron chi connectivity index (χ1n) is 9.95. The summed E-state index contributed by atoms with van der Waals surface area (Å²) < 4.78 is 5.54. The number of carbonyl (C=O) groups is 2. The number of carbonyl (C=O) groups excluding carboxylic acids is 2. The van der Waals surface area contributed by atoms with E-state index < -0.39 is 0 Å². The van der Waals surface area contributed by atoms with Crippen molar-refractivity contribution in [2.45, 2.75) is 31.4 Å². The molecule has 0 bridgehead atoms. The molecule has 1 aromatic rings. The van der Waals surface area contributed by atoms with Gasteiger partial charge in [-0.05, 0) is 43.7 Å². The van der Waals surface area contributed by atoms with Crippen LogP contribution in [0.2, 0.25) is 0 Å². The quantitative estimate of drug-likeness (QED) is 0.812. The van der Waals surface area contributed by atoms with E-state index in [0.29, 0.717) is 25.6 Å². The summed E-state index contributed by atoms with van der Waals surface area (Å²) in [6, 6.07) is 9.95. The fraction of sp³-hybridized carbons (Fsp3) is 0.571. The van der Waals surface area contributed by atoms with E-state index in [1.54, 1.807) is 0 Å². The Balaban J connectivity index is 1.34. The third kappa shape index (κ3) is 3.87. The van der Waals surface area contributed by atoms with Gasteiger partial charge in [-0.1, -0.05) is 30.3 Å². The number of hydrogen-bond acceptors (Lipinski definition) is 4. The number of hydrogen-bond donors (Lipinski definition) is 1. The minimum absolute atomic E-state index is 0.0917. The molecule has 3 saturated heterocycles. The van der Waals surface area contributed by atoms with Crippen LogP contribution >= 0.6 is 0 Å². The molecule has 3 unspecified atom stereocenters. The molecule has 3 aliphatic rings. The highest BCUT2D eigenvalue weighted by molar-refractivity contribution is 5.83. The lowest BCUT2D eigenvalue weighted by molar-refractivity contribution is -0.140. The molecule has 0 aliphatic carbocycles. The zero-order valence-electron chi connectivity index (χ0n) is 15.6. The van der Waals surface area contributed by atoms with Crippen LogP contribution in [0.5, 0.6) is 0 Å². The van der Waals surface area contributed by atoms with Gasteiger partial charge in [0.05, 0.1) is 6.04 Å². The maximum atomic E-state index is 12.6. The first kappa shape index (κ1) is 18.4. The highest BCUT2D eigenvalue weighted by atomic mass is 16.5. The van der Waals surface area contributed by atoms with Crippen molar-refractivity contribution >= 4 is 11.8 Å². The average Bonchev–Trinajstić information content (AvgIpc) is 3.37. The van der Waals surface area contributed by atoms with Gasteiger partial charge in [-0.15, -0.1) is 0 Å². The SMILES string of the molecule is NC(=O)C1C2CN(C(=O)[C@@H]3CCCO3)CC2CN1CC[CH]c1ccccc1. The molecule has 27 heavy (non-hydrogen) atoms. The van der Waals surface area contributed by atoms with Crippen LogP contribution in [-0.4, -0.2) is 66.5 Å². The number of fused-ring (bicyclic) bond motifs is 1. The summed E-state index contributed by atoms with van der Waals surface area (Å²) in [6.07, 6.45) is 4.55. The van der Waals surface area contributed by atoms with E-state index in [0.717, 1.165) is 32.4 Å². The van der Waals surface area contributed by atoms with Gasteiger partial charge in [0.2, 0.25) is 5.91 Å². The van der Waals surface area contributed by atoms with Crippen molar-refractivity contribution in [1.29, 1.82) is 0 Å². The first-order chi connectivity index (χ1) is 13.1. The van der Waals surface area contributed by atoms with Crippen molar-refractivity contribution in [2.75, 3.05) is 32.8 Å². The topological polar surface area (TPSA) is 75.9 Å². The summed E-state index contributed by atoms with van der Waals surface area (Å²) in [6.45, 7) is 3.65. The number of ether oxygens (including phenoxy) is 1.